The van der Waals surface area contributed by atoms with Crippen molar-refractivity contribution in [3.63, 3.8) is 0 Å². The Balaban J connectivity index is 0.000000168. The number of imide groups is 2. The molecule has 216 valence electrons. The van der Waals surface area contributed by atoms with Gasteiger partial charge in [-0.1, -0.05) is 24.3 Å². The Hall–Kier alpha value is -4.80. The van der Waals surface area contributed by atoms with E-state index in [-0.39, 0.29) is 23.6 Å². The number of likely N-dealkylation sites (N-methyl/N-ethyl adjacent to an activating group) is 2. The van der Waals surface area contributed by atoms with E-state index in [0.29, 0.717) is 70.6 Å². The van der Waals surface area contributed by atoms with Gasteiger partial charge in [0.1, 0.15) is 0 Å². The topological polar surface area (TPSA) is 133 Å². The molecule has 0 spiro atoms. The number of carbonyl (C=O) groups is 4. The predicted octanol–water partition coefficient (Wildman–Crippen LogP) is 3.16. The molecule has 0 unspecified atom stereocenters. The van der Waals surface area contributed by atoms with Gasteiger partial charge in [-0.05, 0) is 75.4 Å². The van der Waals surface area contributed by atoms with Crippen molar-refractivity contribution < 1.29 is 19.2 Å². The lowest BCUT2D eigenvalue weighted by Gasteiger charge is -2.28. The maximum Gasteiger partial charge on any atom is 0.261 e. The summed E-state index contributed by atoms with van der Waals surface area (Å²) in [5.74, 6) is -0.995. The fraction of sp³-hybridized carbons (Fsp3) is 0.250. The summed E-state index contributed by atoms with van der Waals surface area (Å²) >= 11 is 0. The molecule has 0 fully saturated rings. The van der Waals surface area contributed by atoms with Crippen molar-refractivity contribution in [2.24, 2.45) is 0 Å². The van der Waals surface area contributed by atoms with E-state index in [9.17, 15) is 19.2 Å². The van der Waals surface area contributed by atoms with Gasteiger partial charge >= 0.3 is 0 Å². The number of hydrogen-bond acceptors (Lipinski definition) is 8. The first-order valence-corrected chi connectivity index (χ1v) is 13.6. The summed E-state index contributed by atoms with van der Waals surface area (Å²) in [5.41, 5.74) is 15.0. The molecule has 4 N–H and O–H groups in total. The van der Waals surface area contributed by atoms with Crippen molar-refractivity contribution in [3.8, 4) is 0 Å². The molecule has 0 aliphatic carbocycles. The Morgan fingerprint density at radius 2 is 0.905 bits per heavy atom. The average molecular weight is 567 g/mol. The Labute approximate surface area is 244 Å². The van der Waals surface area contributed by atoms with Crippen molar-refractivity contribution in [1.82, 2.24) is 19.6 Å². The molecule has 42 heavy (non-hydrogen) atoms. The molecule has 2 aliphatic rings. The van der Waals surface area contributed by atoms with Crippen LogP contribution in [0.1, 0.15) is 41.4 Å². The van der Waals surface area contributed by atoms with Crippen LogP contribution in [0.5, 0.6) is 0 Å². The zero-order valence-electron chi connectivity index (χ0n) is 24.2. The largest absolute Gasteiger partial charge is 0.399 e. The number of benzene rings is 4. The van der Waals surface area contributed by atoms with Crippen LogP contribution in [-0.2, 0) is 0 Å². The zero-order chi connectivity index (χ0) is 30.3. The third-order valence-corrected chi connectivity index (χ3v) is 7.44. The van der Waals surface area contributed by atoms with Gasteiger partial charge in [0, 0.05) is 59.5 Å². The average Bonchev–Trinajstić information content (AvgIpc) is 2.94. The van der Waals surface area contributed by atoms with Crippen LogP contribution in [-0.4, -0.2) is 97.6 Å². The van der Waals surface area contributed by atoms with E-state index in [4.69, 9.17) is 11.5 Å². The third kappa shape index (κ3) is 5.17. The summed E-state index contributed by atoms with van der Waals surface area (Å²) in [6, 6.07) is 17.8. The van der Waals surface area contributed by atoms with Crippen LogP contribution >= 0.6 is 0 Å². The summed E-state index contributed by atoms with van der Waals surface area (Å²) in [4.78, 5) is 56.8. The molecule has 4 amide bonds. The van der Waals surface area contributed by atoms with Crippen molar-refractivity contribution >= 4 is 56.5 Å². The number of nitrogen functional groups attached to an aromatic ring is 2. The quantitative estimate of drug-likeness (QED) is 0.269. The molecule has 6 rings (SSSR count). The first-order valence-electron chi connectivity index (χ1n) is 13.6. The third-order valence-electron chi connectivity index (χ3n) is 7.44. The fourth-order valence-electron chi connectivity index (χ4n) is 5.37. The molecule has 2 heterocycles. The summed E-state index contributed by atoms with van der Waals surface area (Å²) < 4.78 is 0. The number of carbonyl (C=O) groups excluding carboxylic acids is 4. The van der Waals surface area contributed by atoms with Gasteiger partial charge < -0.3 is 21.3 Å². The van der Waals surface area contributed by atoms with Gasteiger partial charge in [-0.3, -0.25) is 29.0 Å². The number of anilines is 2. The van der Waals surface area contributed by atoms with E-state index in [1.54, 1.807) is 36.4 Å². The molecule has 4 aromatic carbocycles. The molecule has 2 aliphatic heterocycles. The Morgan fingerprint density at radius 3 is 1.26 bits per heavy atom. The van der Waals surface area contributed by atoms with Crippen LogP contribution in [0.4, 0.5) is 11.4 Å². The highest BCUT2D eigenvalue weighted by atomic mass is 16.2. The molecule has 10 heteroatoms. The van der Waals surface area contributed by atoms with E-state index < -0.39 is 0 Å². The van der Waals surface area contributed by atoms with E-state index in [2.05, 4.69) is 0 Å². The van der Waals surface area contributed by atoms with Crippen LogP contribution in [0.3, 0.4) is 0 Å². The summed E-state index contributed by atoms with van der Waals surface area (Å²) in [5, 5.41) is 3.08. The highest BCUT2D eigenvalue weighted by molar-refractivity contribution is 6.27. The second-order valence-electron chi connectivity index (χ2n) is 11.1. The van der Waals surface area contributed by atoms with E-state index in [1.807, 2.05) is 62.3 Å². The van der Waals surface area contributed by atoms with Crippen LogP contribution in [0.25, 0.3) is 21.5 Å². The molecule has 0 aromatic heterocycles. The van der Waals surface area contributed by atoms with Gasteiger partial charge in [0.15, 0.2) is 0 Å². The van der Waals surface area contributed by atoms with Gasteiger partial charge in [-0.15, -0.1) is 0 Å². The van der Waals surface area contributed by atoms with Crippen molar-refractivity contribution in [3.05, 3.63) is 82.9 Å². The number of nitrogens with two attached hydrogens (primary N) is 2. The van der Waals surface area contributed by atoms with Crippen LogP contribution < -0.4 is 11.5 Å². The van der Waals surface area contributed by atoms with Gasteiger partial charge in [-0.25, -0.2) is 0 Å². The molecule has 4 aromatic rings. The minimum atomic E-state index is -0.266. The highest BCUT2D eigenvalue weighted by Gasteiger charge is 2.34. The molecular weight excluding hydrogens is 532 g/mol. The van der Waals surface area contributed by atoms with Crippen molar-refractivity contribution in [2.75, 3.05) is 65.8 Å². The maximum atomic E-state index is 12.6. The second kappa shape index (κ2) is 11.2. The second-order valence-corrected chi connectivity index (χ2v) is 11.1. The summed E-state index contributed by atoms with van der Waals surface area (Å²) in [7, 11) is 7.63. The lowest BCUT2D eigenvalue weighted by Crippen LogP contribution is -2.43. The van der Waals surface area contributed by atoms with Crippen molar-refractivity contribution in [1.29, 1.82) is 0 Å². The summed E-state index contributed by atoms with van der Waals surface area (Å²) in [6.45, 7) is 2.00. The van der Waals surface area contributed by atoms with E-state index in [1.165, 1.54) is 9.80 Å². The van der Waals surface area contributed by atoms with Gasteiger partial charge in [-0.2, -0.15) is 0 Å². The minimum Gasteiger partial charge on any atom is -0.399 e. The Kier molecular flexibility index (Phi) is 7.68. The highest BCUT2D eigenvalue weighted by Crippen LogP contribution is 2.33. The van der Waals surface area contributed by atoms with E-state index in [0.717, 1.165) is 10.8 Å². The SMILES string of the molecule is CN(C)CCN1C(=O)c2cccc3cc(N)cc(c23)C1=O.CN(C)CCN1C(=O)c2cccc3cc(N)cc(c23)C1=O. The monoisotopic (exact) mass is 566 g/mol. The molecular formula is C32H34N6O4. The van der Waals surface area contributed by atoms with Crippen LogP contribution in [0, 0.1) is 0 Å². The molecule has 0 saturated heterocycles. The number of rotatable bonds is 6. The van der Waals surface area contributed by atoms with Gasteiger partial charge in [0.2, 0.25) is 0 Å². The predicted molar refractivity (Wildman–Crippen MR) is 165 cm³/mol. The molecule has 0 bridgehead atoms. The maximum absolute atomic E-state index is 12.6. The fourth-order valence-corrected chi connectivity index (χ4v) is 5.37. The first-order chi connectivity index (χ1) is 20.0. The minimum absolute atomic E-state index is 0.232. The lowest BCUT2D eigenvalue weighted by molar-refractivity contribution is 0.0585. The van der Waals surface area contributed by atoms with Crippen molar-refractivity contribution in [2.45, 2.75) is 0 Å². The Morgan fingerprint density at radius 1 is 0.548 bits per heavy atom. The first kappa shape index (κ1) is 28.7. The smallest absolute Gasteiger partial charge is 0.261 e. The number of nitrogens with zero attached hydrogens (tertiary/aromatic N) is 4. The summed E-state index contributed by atoms with van der Waals surface area (Å²) in [6.07, 6.45) is 0. The van der Waals surface area contributed by atoms with Gasteiger partial charge in [0.05, 0.1) is 11.1 Å². The van der Waals surface area contributed by atoms with Gasteiger partial charge in [0.25, 0.3) is 23.6 Å². The van der Waals surface area contributed by atoms with Crippen LogP contribution in [0.2, 0.25) is 0 Å². The number of amides is 4. The molecule has 0 saturated carbocycles. The molecule has 0 atom stereocenters. The number of hydrogen-bond donors (Lipinski definition) is 2. The molecule has 0 radical (unpaired) electrons. The zero-order valence-corrected chi connectivity index (χ0v) is 24.2. The standard InChI is InChI=1S/2C16H17N3O2/c2*1-18(2)6-7-19-15(20)12-5-3-4-10-8-11(17)9-13(14(10)12)16(19)21/h2*3-5,8-9H,6-7,17H2,1-2H3. The van der Waals surface area contributed by atoms with Crippen LogP contribution in [0.15, 0.2) is 60.7 Å². The lowest BCUT2D eigenvalue weighted by atomic mass is 9.93. The molecule has 10 nitrogen and oxygen atoms in total. The van der Waals surface area contributed by atoms with E-state index >= 15 is 0 Å². The normalized spacial score (nSPS) is 14.3. The Bertz CT molecular complexity index is 1630.